The first kappa shape index (κ1) is 13.1. The number of aliphatic carboxylic acids is 1. The van der Waals surface area contributed by atoms with Crippen molar-refractivity contribution in [2.24, 2.45) is 0 Å². The van der Waals surface area contributed by atoms with Gasteiger partial charge in [0.1, 0.15) is 5.75 Å². The van der Waals surface area contributed by atoms with Crippen molar-refractivity contribution in [2.75, 3.05) is 0 Å². The molecule has 0 aliphatic rings. The third kappa shape index (κ3) is 2.81. The van der Waals surface area contributed by atoms with Gasteiger partial charge in [0.2, 0.25) is 0 Å². The van der Waals surface area contributed by atoms with E-state index in [1.807, 2.05) is 0 Å². The van der Waals surface area contributed by atoms with Crippen molar-refractivity contribution in [1.29, 1.82) is 0 Å². The van der Waals surface area contributed by atoms with Crippen molar-refractivity contribution in [3.05, 3.63) is 26.8 Å². The quantitative estimate of drug-likeness (QED) is 0.860. The Labute approximate surface area is 105 Å². The van der Waals surface area contributed by atoms with Gasteiger partial charge in [-0.15, -0.1) is 0 Å². The van der Waals surface area contributed by atoms with Crippen LogP contribution in [0.25, 0.3) is 0 Å². The van der Waals surface area contributed by atoms with Crippen LogP contribution in [0.5, 0.6) is 5.75 Å². The molecule has 6 heteroatoms. The highest BCUT2D eigenvalue weighted by Gasteiger charge is 2.42. The number of carboxylic acid groups (broad SMARTS) is 1. The average molecular weight is 342 g/mol. The van der Waals surface area contributed by atoms with Gasteiger partial charge in [0.15, 0.2) is 0 Å². The van der Waals surface area contributed by atoms with Crippen molar-refractivity contribution >= 4 is 28.6 Å². The number of carboxylic acids is 1. The first-order valence-corrected chi connectivity index (χ1v) is 5.39. The van der Waals surface area contributed by atoms with Crippen LogP contribution in [-0.4, -0.2) is 17.2 Å². The van der Waals surface area contributed by atoms with Crippen LogP contribution in [0, 0.1) is 17.4 Å². The van der Waals surface area contributed by atoms with E-state index in [1.165, 1.54) is 12.1 Å². The summed E-state index contributed by atoms with van der Waals surface area (Å²) in [7, 11) is 0. The van der Waals surface area contributed by atoms with Gasteiger partial charge in [-0.25, -0.2) is 4.79 Å². The van der Waals surface area contributed by atoms with E-state index in [4.69, 9.17) is 5.11 Å². The molecule has 0 saturated heterocycles. The molecule has 16 heavy (non-hydrogen) atoms. The summed E-state index contributed by atoms with van der Waals surface area (Å²) >= 11 is 2.08. The molecular weight excluding hydrogens is 333 g/mol. The molecule has 0 heterocycles. The van der Waals surface area contributed by atoms with E-state index in [2.05, 4.69) is 27.3 Å². The number of hydrogen-bond donors (Lipinski definition) is 1. The lowest BCUT2D eigenvalue weighted by molar-refractivity contribution is -0.210. The normalized spacial score (nSPS) is 11.3. The third-order valence-electron chi connectivity index (χ3n) is 1.90. The van der Waals surface area contributed by atoms with Gasteiger partial charge in [0.25, 0.3) is 0 Å². The van der Waals surface area contributed by atoms with Gasteiger partial charge in [-0.3, -0.25) is 0 Å². The molecule has 0 aromatic heterocycles. The zero-order valence-electron chi connectivity index (χ0n) is 8.55. The molecule has 0 saturated carbocycles. The fourth-order valence-electron chi connectivity index (χ4n) is 1.16. The van der Waals surface area contributed by atoms with Crippen LogP contribution in [0.4, 0.5) is 8.78 Å². The summed E-state index contributed by atoms with van der Waals surface area (Å²) in [6, 6.07) is 2.76. The van der Waals surface area contributed by atoms with E-state index in [9.17, 15) is 13.6 Å². The first-order chi connectivity index (χ1) is 7.24. The highest BCUT2D eigenvalue weighted by molar-refractivity contribution is 14.1. The smallest absolute Gasteiger partial charge is 0.474 e. The molecule has 1 aromatic rings. The maximum absolute atomic E-state index is 12.8. The summed E-state index contributed by atoms with van der Waals surface area (Å²) in [4.78, 5) is 10.2. The molecule has 88 valence electrons. The Morgan fingerprint density at radius 2 is 1.81 bits per heavy atom. The molecule has 0 atom stereocenters. The lowest BCUT2D eigenvalue weighted by Gasteiger charge is -2.15. The second-order valence-corrected chi connectivity index (χ2v) is 4.37. The average Bonchev–Trinajstić information content (AvgIpc) is 2.13. The molecule has 0 aliphatic carbocycles. The lowest BCUT2D eigenvalue weighted by atomic mass is 10.1. The van der Waals surface area contributed by atoms with E-state index in [0.717, 1.165) is 14.7 Å². The SMILES string of the molecule is Cc1cc(OC(F)(F)C(=O)O)cc(C)c1I. The molecule has 0 spiro atoms. The van der Waals surface area contributed by atoms with Gasteiger partial charge in [0.05, 0.1) is 0 Å². The Balaban J connectivity index is 3.04. The summed E-state index contributed by atoms with van der Waals surface area (Å²) in [6.07, 6.45) is -4.20. The van der Waals surface area contributed by atoms with E-state index in [-0.39, 0.29) is 5.75 Å². The second-order valence-electron chi connectivity index (χ2n) is 3.30. The zero-order chi connectivity index (χ0) is 12.5. The summed E-state index contributed by atoms with van der Waals surface area (Å²) in [5.41, 5.74) is 1.52. The molecule has 0 radical (unpaired) electrons. The standard InChI is InChI=1S/C10H9F2IO3/c1-5-3-7(4-6(2)8(5)13)16-10(11,12)9(14)15/h3-4H,1-2H3,(H,14,15). The minimum Gasteiger partial charge on any atom is -0.474 e. The number of hydrogen-bond acceptors (Lipinski definition) is 2. The maximum Gasteiger partial charge on any atom is 0.501 e. The molecule has 0 aliphatic heterocycles. The second kappa shape index (κ2) is 4.52. The van der Waals surface area contributed by atoms with Crippen LogP contribution in [0.2, 0.25) is 0 Å². The zero-order valence-corrected chi connectivity index (χ0v) is 10.7. The molecular formula is C10H9F2IO3. The van der Waals surface area contributed by atoms with Gasteiger partial charge in [0, 0.05) is 3.57 Å². The number of halogens is 3. The molecule has 0 bridgehead atoms. The number of carbonyl (C=O) groups is 1. The van der Waals surface area contributed by atoms with Crippen LogP contribution >= 0.6 is 22.6 Å². The minimum atomic E-state index is -4.20. The van der Waals surface area contributed by atoms with Crippen molar-refractivity contribution in [2.45, 2.75) is 20.0 Å². The highest BCUT2D eigenvalue weighted by Crippen LogP contribution is 2.27. The summed E-state index contributed by atoms with van der Waals surface area (Å²) in [6.45, 7) is 3.47. The van der Waals surface area contributed by atoms with Crippen LogP contribution in [0.1, 0.15) is 11.1 Å². The van der Waals surface area contributed by atoms with Gasteiger partial charge in [-0.05, 0) is 59.7 Å². The van der Waals surface area contributed by atoms with Gasteiger partial charge >= 0.3 is 12.1 Å². The van der Waals surface area contributed by atoms with Crippen molar-refractivity contribution in [1.82, 2.24) is 0 Å². The Morgan fingerprint density at radius 1 is 1.38 bits per heavy atom. The molecule has 3 nitrogen and oxygen atoms in total. The predicted molar refractivity (Wildman–Crippen MR) is 61.8 cm³/mol. The number of alkyl halides is 2. The van der Waals surface area contributed by atoms with Gasteiger partial charge in [-0.1, -0.05) is 0 Å². The molecule has 1 N–H and O–H groups in total. The topological polar surface area (TPSA) is 46.5 Å². The molecule has 0 fully saturated rings. The number of ether oxygens (including phenoxy) is 1. The van der Waals surface area contributed by atoms with Crippen LogP contribution in [0.3, 0.4) is 0 Å². The molecule has 1 rings (SSSR count). The number of rotatable bonds is 3. The number of benzene rings is 1. The Kier molecular flexibility index (Phi) is 3.72. The fraction of sp³-hybridized carbons (Fsp3) is 0.300. The highest BCUT2D eigenvalue weighted by atomic mass is 127. The van der Waals surface area contributed by atoms with E-state index in [0.29, 0.717) is 0 Å². The predicted octanol–water partition coefficient (Wildman–Crippen LogP) is 2.96. The summed E-state index contributed by atoms with van der Waals surface area (Å²) in [5.74, 6) is -2.45. The van der Waals surface area contributed by atoms with Crippen molar-refractivity contribution < 1.29 is 23.4 Å². The Morgan fingerprint density at radius 3 is 2.19 bits per heavy atom. The Bertz CT molecular complexity index is 409. The van der Waals surface area contributed by atoms with E-state index in [1.54, 1.807) is 13.8 Å². The van der Waals surface area contributed by atoms with Crippen LogP contribution in [-0.2, 0) is 4.79 Å². The van der Waals surface area contributed by atoms with Crippen molar-refractivity contribution in [3.8, 4) is 5.75 Å². The molecule has 0 unspecified atom stereocenters. The maximum atomic E-state index is 12.8. The van der Waals surface area contributed by atoms with E-state index >= 15 is 0 Å². The molecule has 1 aromatic carbocycles. The van der Waals surface area contributed by atoms with Gasteiger partial charge in [-0.2, -0.15) is 8.78 Å². The van der Waals surface area contributed by atoms with Crippen LogP contribution < -0.4 is 4.74 Å². The largest absolute Gasteiger partial charge is 0.501 e. The summed E-state index contributed by atoms with van der Waals surface area (Å²) in [5, 5.41) is 8.22. The molecule has 0 amide bonds. The monoisotopic (exact) mass is 342 g/mol. The Hall–Kier alpha value is -0.920. The fourth-order valence-corrected chi connectivity index (χ4v) is 1.47. The first-order valence-electron chi connectivity index (χ1n) is 4.31. The van der Waals surface area contributed by atoms with Crippen LogP contribution in [0.15, 0.2) is 12.1 Å². The lowest BCUT2D eigenvalue weighted by Crippen LogP contribution is -2.34. The van der Waals surface area contributed by atoms with Gasteiger partial charge < -0.3 is 9.84 Å². The van der Waals surface area contributed by atoms with Crippen molar-refractivity contribution in [3.63, 3.8) is 0 Å². The number of aryl methyl sites for hydroxylation is 2. The third-order valence-corrected chi connectivity index (χ3v) is 3.61. The minimum absolute atomic E-state index is 0.150. The summed E-state index contributed by atoms with van der Waals surface area (Å²) < 4.78 is 30.6. The van der Waals surface area contributed by atoms with E-state index < -0.39 is 12.1 Å².